The number of anilines is 1. The summed E-state index contributed by atoms with van der Waals surface area (Å²) in [7, 11) is 0. The smallest absolute Gasteiger partial charge is 0.258 e. The van der Waals surface area contributed by atoms with Crippen molar-refractivity contribution in [3.63, 3.8) is 0 Å². The van der Waals surface area contributed by atoms with Crippen LogP contribution in [0.2, 0.25) is 0 Å². The molecule has 3 aromatic rings. The van der Waals surface area contributed by atoms with Crippen LogP contribution in [0.1, 0.15) is 15.9 Å². The highest BCUT2D eigenvalue weighted by atomic mass is 16.1. The molecule has 1 amide bonds. The Kier molecular flexibility index (Phi) is 3.71. The molecule has 0 atom stereocenters. The second kappa shape index (κ2) is 5.98. The number of amides is 1. The summed E-state index contributed by atoms with van der Waals surface area (Å²) >= 11 is 0. The van der Waals surface area contributed by atoms with Crippen molar-refractivity contribution >= 4 is 11.6 Å². The number of para-hydroxylation sites is 1. The van der Waals surface area contributed by atoms with E-state index in [4.69, 9.17) is 6.42 Å². The Morgan fingerprint density at radius 2 is 1.95 bits per heavy atom. The van der Waals surface area contributed by atoms with E-state index >= 15 is 0 Å². The van der Waals surface area contributed by atoms with E-state index in [1.54, 1.807) is 29.1 Å². The molecule has 22 heavy (non-hydrogen) atoms. The van der Waals surface area contributed by atoms with Gasteiger partial charge in [0.1, 0.15) is 0 Å². The molecule has 1 N–H and O–H groups in total. The van der Waals surface area contributed by atoms with Crippen LogP contribution >= 0.6 is 0 Å². The van der Waals surface area contributed by atoms with E-state index in [0.717, 1.165) is 11.3 Å². The highest BCUT2D eigenvalue weighted by Gasteiger charge is 2.09. The lowest BCUT2D eigenvalue weighted by molar-refractivity contribution is 0.102. The number of nitrogens with one attached hydrogen (secondary N) is 1. The molecule has 0 fully saturated rings. The van der Waals surface area contributed by atoms with Crippen molar-refractivity contribution in [3.8, 4) is 18.0 Å². The molecule has 3 rings (SSSR count). The van der Waals surface area contributed by atoms with Crippen LogP contribution in [0.25, 0.3) is 5.69 Å². The summed E-state index contributed by atoms with van der Waals surface area (Å²) in [5.74, 6) is 2.31. The highest BCUT2D eigenvalue weighted by molar-refractivity contribution is 6.04. The average molecular weight is 287 g/mol. The number of aromatic nitrogens is 2. The first kappa shape index (κ1) is 13.7. The summed E-state index contributed by atoms with van der Waals surface area (Å²) < 4.78 is 1.66. The third-order valence-corrected chi connectivity index (χ3v) is 3.15. The zero-order valence-corrected chi connectivity index (χ0v) is 11.7. The Hall–Kier alpha value is -3.32. The standard InChI is InChI=1S/C18H13N3O/c1-2-14-7-6-8-16(11-14)20-18(22)15-12-19-21(13-15)17-9-4-3-5-10-17/h1,3-13H,(H,20,22). The largest absolute Gasteiger partial charge is 0.322 e. The summed E-state index contributed by atoms with van der Waals surface area (Å²) in [4.78, 5) is 12.2. The van der Waals surface area contributed by atoms with Crippen LogP contribution in [0.5, 0.6) is 0 Å². The minimum atomic E-state index is -0.226. The van der Waals surface area contributed by atoms with Gasteiger partial charge >= 0.3 is 0 Å². The van der Waals surface area contributed by atoms with Crippen LogP contribution in [-0.4, -0.2) is 15.7 Å². The first-order valence-corrected chi connectivity index (χ1v) is 6.74. The fourth-order valence-corrected chi connectivity index (χ4v) is 2.05. The monoisotopic (exact) mass is 287 g/mol. The molecule has 106 valence electrons. The van der Waals surface area contributed by atoms with Gasteiger partial charge in [-0.3, -0.25) is 4.79 Å². The molecule has 0 saturated heterocycles. The number of benzene rings is 2. The van der Waals surface area contributed by atoms with E-state index < -0.39 is 0 Å². The predicted molar refractivity (Wildman–Crippen MR) is 85.9 cm³/mol. The summed E-state index contributed by atoms with van der Waals surface area (Å²) in [5, 5.41) is 7.02. The van der Waals surface area contributed by atoms with Crippen molar-refractivity contribution in [2.45, 2.75) is 0 Å². The van der Waals surface area contributed by atoms with Gasteiger partial charge in [-0.25, -0.2) is 4.68 Å². The Balaban J connectivity index is 1.79. The average Bonchev–Trinajstić information content (AvgIpc) is 3.06. The number of carbonyl (C=O) groups is 1. The number of hydrogen-bond acceptors (Lipinski definition) is 2. The molecule has 1 heterocycles. The Bertz CT molecular complexity index is 844. The second-order valence-corrected chi connectivity index (χ2v) is 4.69. The molecule has 0 aliphatic rings. The Labute approximate surface area is 128 Å². The van der Waals surface area contributed by atoms with Gasteiger partial charge in [0.05, 0.1) is 17.4 Å². The Morgan fingerprint density at radius 1 is 1.14 bits per heavy atom. The lowest BCUT2D eigenvalue weighted by Crippen LogP contribution is -2.11. The van der Waals surface area contributed by atoms with Crippen molar-refractivity contribution in [1.82, 2.24) is 9.78 Å². The minimum absolute atomic E-state index is 0.226. The number of terminal acetylenes is 1. The van der Waals surface area contributed by atoms with Gasteiger partial charge in [0.25, 0.3) is 5.91 Å². The molecule has 0 spiro atoms. The zero-order valence-electron chi connectivity index (χ0n) is 11.7. The fraction of sp³-hybridized carbons (Fsp3) is 0. The molecular formula is C18H13N3O. The molecule has 4 heteroatoms. The van der Waals surface area contributed by atoms with Crippen LogP contribution in [-0.2, 0) is 0 Å². The first-order valence-electron chi connectivity index (χ1n) is 6.74. The van der Waals surface area contributed by atoms with Gasteiger partial charge < -0.3 is 5.32 Å². The molecular weight excluding hydrogens is 274 g/mol. The van der Waals surface area contributed by atoms with Gasteiger partial charge in [0.15, 0.2) is 0 Å². The molecule has 0 aliphatic heterocycles. The van der Waals surface area contributed by atoms with Gasteiger partial charge in [-0.2, -0.15) is 5.10 Å². The van der Waals surface area contributed by atoms with E-state index in [9.17, 15) is 4.79 Å². The summed E-state index contributed by atoms with van der Waals surface area (Å²) in [5.41, 5.74) is 2.76. The van der Waals surface area contributed by atoms with Crippen LogP contribution in [0.4, 0.5) is 5.69 Å². The van der Waals surface area contributed by atoms with E-state index in [-0.39, 0.29) is 5.91 Å². The molecule has 0 bridgehead atoms. The molecule has 4 nitrogen and oxygen atoms in total. The van der Waals surface area contributed by atoms with E-state index in [1.165, 1.54) is 6.20 Å². The molecule has 0 saturated carbocycles. The van der Waals surface area contributed by atoms with Gasteiger partial charge in [-0.15, -0.1) is 6.42 Å². The van der Waals surface area contributed by atoms with Gasteiger partial charge in [0.2, 0.25) is 0 Å². The van der Waals surface area contributed by atoms with Crippen molar-refractivity contribution in [1.29, 1.82) is 0 Å². The normalized spacial score (nSPS) is 9.95. The van der Waals surface area contributed by atoms with Crippen molar-refractivity contribution in [2.24, 2.45) is 0 Å². The van der Waals surface area contributed by atoms with Gasteiger partial charge in [0, 0.05) is 17.4 Å². The Morgan fingerprint density at radius 3 is 2.73 bits per heavy atom. The maximum absolute atomic E-state index is 12.2. The summed E-state index contributed by atoms with van der Waals surface area (Å²) in [6.45, 7) is 0. The highest BCUT2D eigenvalue weighted by Crippen LogP contribution is 2.13. The second-order valence-electron chi connectivity index (χ2n) is 4.69. The quantitative estimate of drug-likeness (QED) is 0.752. The fourth-order valence-electron chi connectivity index (χ4n) is 2.05. The molecule has 2 aromatic carbocycles. The third-order valence-electron chi connectivity index (χ3n) is 3.15. The van der Waals surface area contributed by atoms with E-state index in [1.807, 2.05) is 36.4 Å². The maximum Gasteiger partial charge on any atom is 0.258 e. The van der Waals surface area contributed by atoms with Crippen molar-refractivity contribution < 1.29 is 4.79 Å². The lowest BCUT2D eigenvalue weighted by Gasteiger charge is -2.04. The molecule has 0 unspecified atom stereocenters. The summed E-state index contributed by atoms with van der Waals surface area (Å²) in [6, 6.07) is 16.8. The third kappa shape index (κ3) is 2.89. The zero-order chi connectivity index (χ0) is 15.4. The summed E-state index contributed by atoms with van der Waals surface area (Å²) in [6.07, 6.45) is 8.58. The molecule has 1 aromatic heterocycles. The van der Waals surface area contributed by atoms with Gasteiger partial charge in [-0.05, 0) is 30.3 Å². The van der Waals surface area contributed by atoms with Crippen LogP contribution < -0.4 is 5.32 Å². The van der Waals surface area contributed by atoms with Crippen molar-refractivity contribution in [2.75, 3.05) is 5.32 Å². The molecule has 0 radical (unpaired) electrons. The number of nitrogens with zero attached hydrogens (tertiary/aromatic N) is 2. The van der Waals surface area contributed by atoms with Crippen LogP contribution in [0.15, 0.2) is 67.0 Å². The number of hydrogen-bond donors (Lipinski definition) is 1. The van der Waals surface area contributed by atoms with E-state index in [2.05, 4.69) is 16.3 Å². The van der Waals surface area contributed by atoms with E-state index in [0.29, 0.717) is 11.3 Å². The van der Waals surface area contributed by atoms with Crippen LogP contribution in [0, 0.1) is 12.3 Å². The van der Waals surface area contributed by atoms with Gasteiger partial charge in [-0.1, -0.05) is 30.2 Å². The number of carbonyl (C=O) groups excluding carboxylic acids is 1. The van der Waals surface area contributed by atoms with Crippen LogP contribution in [0.3, 0.4) is 0 Å². The predicted octanol–water partition coefficient (Wildman–Crippen LogP) is 3.11. The van der Waals surface area contributed by atoms with Crippen molar-refractivity contribution in [3.05, 3.63) is 78.1 Å². The topological polar surface area (TPSA) is 46.9 Å². The first-order chi connectivity index (χ1) is 10.8. The SMILES string of the molecule is C#Cc1cccc(NC(=O)c2cnn(-c3ccccc3)c2)c1. The maximum atomic E-state index is 12.2. The lowest BCUT2D eigenvalue weighted by atomic mass is 10.2. The minimum Gasteiger partial charge on any atom is -0.322 e. The molecule has 0 aliphatic carbocycles. The number of rotatable bonds is 3.